The van der Waals surface area contributed by atoms with E-state index in [0.717, 1.165) is 29.0 Å². The van der Waals surface area contributed by atoms with Gasteiger partial charge < -0.3 is 29.8 Å². The van der Waals surface area contributed by atoms with Gasteiger partial charge in [-0.3, -0.25) is 23.7 Å². The first kappa shape index (κ1) is 36.9. The number of fused-ring (bicyclic) bond motifs is 2. The number of amides is 4. The van der Waals surface area contributed by atoms with Crippen LogP contribution in [0.4, 0.5) is 14.5 Å². The molecule has 3 heterocycles. The van der Waals surface area contributed by atoms with E-state index in [4.69, 9.17) is 21.4 Å². The Morgan fingerprint density at radius 3 is 2.37 bits per heavy atom. The van der Waals surface area contributed by atoms with Crippen molar-refractivity contribution in [2.75, 3.05) is 25.0 Å². The molecule has 3 aromatic rings. The van der Waals surface area contributed by atoms with Crippen molar-refractivity contribution in [1.82, 2.24) is 15.1 Å². The van der Waals surface area contributed by atoms with E-state index >= 15 is 0 Å². The molecule has 2 fully saturated rings. The number of hydrogen-bond donors (Lipinski definition) is 3. The molecule has 3 atom stereocenters. The fraction of sp³-hybridized carbons (Fsp3) is 0.455. The molecule has 2 aromatic carbocycles. The Labute approximate surface area is 291 Å². The zero-order chi connectivity index (χ0) is 36.2. The first-order chi connectivity index (χ1) is 22.7. The Balaban J connectivity index is 1.41. The van der Waals surface area contributed by atoms with E-state index in [9.17, 15) is 32.5 Å². The minimum atomic E-state index is -5.81. The van der Waals surface area contributed by atoms with Crippen molar-refractivity contribution in [2.24, 2.45) is 0 Å². The highest BCUT2D eigenvalue weighted by Gasteiger charge is 2.50. The highest BCUT2D eigenvalue weighted by atomic mass is 35.5. The third-order valence-electron chi connectivity index (χ3n) is 9.16. The van der Waals surface area contributed by atoms with Crippen LogP contribution in [-0.4, -0.2) is 81.5 Å². The quantitative estimate of drug-likeness (QED) is 0.285. The first-order valence-electron chi connectivity index (χ1n) is 15.6. The van der Waals surface area contributed by atoms with E-state index in [2.05, 4.69) is 5.32 Å². The molecule has 0 saturated carbocycles. The van der Waals surface area contributed by atoms with Crippen LogP contribution < -0.4 is 10.2 Å². The summed E-state index contributed by atoms with van der Waals surface area (Å²) in [6, 6.07) is 7.31. The summed E-state index contributed by atoms with van der Waals surface area (Å²) in [5, 5.41) is 3.36. The summed E-state index contributed by atoms with van der Waals surface area (Å²) < 4.78 is 40.5. The van der Waals surface area contributed by atoms with Crippen LogP contribution >= 0.6 is 30.5 Å². The van der Waals surface area contributed by atoms with E-state index in [-0.39, 0.29) is 40.1 Å². The molecule has 3 N–H and O–H groups in total. The summed E-state index contributed by atoms with van der Waals surface area (Å²) in [6.07, 6.45) is 1.35. The van der Waals surface area contributed by atoms with E-state index in [1.54, 1.807) is 19.2 Å². The average Bonchev–Trinajstić information content (AvgIpc) is 3.63. The van der Waals surface area contributed by atoms with Gasteiger partial charge in [-0.2, -0.15) is 8.78 Å². The Kier molecular flexibility index (Phi) is 10.1. The number of anilines is 1. The fourth-order valence-corrected chi connectivity index (χ4v) is 8.30. The molecule has 0 bridgehead atoms. The largest absolute Gasteiger partial charge is 0.399 e. The second-order valence-corrected chi connectivity index (χ2v) is 16.7. The number of carbonyl (C=O) groups is 4. The molecule has 1 aromatic heterocycles. The van der Waals surface area contributed by atoms with Crippen LogP contribution in [-0.2, 0) is 30.0 Å². The lowest BCUT2D eigenvalue weighted by molar-refractivity contribution is -0.144. The molecule has 49 heavy (non-hydrogen) atoms. The van der Waals surface area contributed by atoms with Crippen LogP contribution in [0.2, 0.25) is 5.02 Å². The summed E-state index contributed by atoms with van der Waals surface area (Å²) >= 11 is 7.53. The maximum absolute atomic E-state index is 14.4. The summed E-state index contributed by atoms with van der Waals surface area (Å²) in [4.78, 5) is 77.0. The number of carbonyl (C=O) groups excluding carboxylic acids is 4. The minimum Gasteiger partial charge on any atom is -0.340 e. The van der Waals surface area contributed by atoms with Crippen molar-refractivity contribution in [1.29, 1.82) is 0 Å². The molecule has 2 aliphatic heterocycles. The second-order valence-electron chi connectivity index (χ2n) is 13.5. The minimum absolute atomic E-state index is 0.0526. The fourth-order valence-electron chi connectivity index (χ4n) is 6.42. The Bertz CT molecular complexity index is 1880. The number of hydrogen-bond acceptors (Lipinski definition) is 6. The van der Waals surface area contributed by atoms with Crippen molar-refractivity contribution in [2.45, 2.75) is 76.2 Å². The summed E-state index contributed by atoms with van der Waals surface area (Å²) in [6.45, 7) is 7.62. The molecule has 11 nitrogen and oxygen atoms in total. The zero-order valence-electron chi connectivity index (χ0n) is 27.6. The van der Waals surface area contributed by atoms with Gasteiger partial charge in [0, 0.05) is 54.1 Å². The molecule has 0 spiro atoms. The summed E-state index contributed by atoms with van der Waals surface area (Å²) in [7, 11) is -4.19. The SMILES string of the molecule is CC(=O)N1CC[C@H]2CC[C@@H](C(=O)N(C)c3ccc(C(C)(C)C)c(Cl)c3)N2C(=O)[C@@H](NC(=O)c2cc3cc(C(F)(F)P(=O)(O)O)ccc3s2)C1. The van der Waals surface area contributed by atoms with Gasteiger partial charge in [-0.1, -0.05) is 44.5 Å². The van der Waals surface area contributed by atoms with Crippen LogP contribution in [0.3, 0.4) is 0 Å². The number of nitrogens with one attached hydrogen (secondary N) is 1. The maximum atomic E-state index is 14.4. The van der Waals surface area contributed by atoms with Crippen molar-refractivity contribution in [3.63, 3.8) is 0 Å². The predicted molar refractivity (Wildman–Crippen MR) is 183 cm³/mol. The van der Waals surface area contributed by atoms with Gasteiger partial charge in [-0.25, -0.2) is 0 Å². The lowest BCUT2D eigenvalue weighted by Gasteiger charge is -2.39. The second kappa shape index (κ2) is 13.4. The topological polar surface area (TPSA) is 148 Å². The van der Waals surface area contributed by atoms with E-state index in [1.807, 2.05) is 26.8 Å². The van der Waals surface area contributed by atoms with Gasteiger partial charge in [0.25, 0.3) is 5.91 Å². The molecule has 2 aliphatic rings. The van der Waals surface area contributed by atoms with Crippen LogP contribution in [0, 0.1) is 0 Å². The van der Waals surface area contributed by atoms with Crippen LogP contribution in [0.15, 0.2) is 42.5 Å². The predicted octanol–water partition coefficient (Wildman–Crippen LogP) is 5.45. The lowest BCUT2D eigenvalue weighted by atomic mass is 9.87. The molecule has 4 amide bonds. The number of benzene rings is 2. The van der Waals surface area contributed by atoms with Crippen LogP contribution in [0.1, 0.15) is 67.8 Å². The van der Waals surface area contributed by atoms with E-state index in [1.165, 1.54) is 33.8 Å². The first-order valence-corrected chi connectivity index (χ1v) is 18.4. The van der Waals surface area contributed by atoms with Gasteiger partial charge in [-0.15, -0.1) is 11.3 Å². The number of thiophene rings is 1. The third kappa shape index (κ3) is 7.25. The summed E-state index contributed by atoms with van der Waals surface area (Å²) in [5.74, 6) is -1.85. The van der Waals surface area contributed by atoms with Crippen molar-refractivity contribution in [3.8, 4) is 0 Å². The summed E-state index contributed by atoms with van der Waals surface area (Å²) in [5.41, 5.74) is -4.06. The van der Waals surface area contributed by atoms with Gasteiger partial charge in [0.15, 0.2) is 0 Å². The van der Waals surface area contributed by atoms with Gasteiger partial charge in [0.2, 0.25) is 17.7 Å². The van der Waals surface area contributed by atoms with Crippen molar-refractivity contribution in [3.05, 3.63) is 63.5 Å². The normalized spacial score (nSPS) is 20.5. The van der Waals surface area contributed by atoms with Crippen molar-refractivity contribution < 1.29 is 42.3 Å². The highest BCUT2D eigenvalue weighted by molar-refractivity contribution is 7.52. The molecular weight excluding hydrogens is 701 g/mol. The molecule has 16 heteroatoms. The Morgan fingerprint density at radius 1 is 1.06 bits per heavy atom. The van der Waals surface area contributed by atoms with E-state index in [0.29, 0.717) is 41.2 Å². The highest BCUT2D eigenvalue weighted by Crippen LogP contribution is 2.59. The smallest absolute Gasteiger partial charge is 0.340 e. The molecule has 0 aliphatic carbocycles. The monoisotopic (exact) mass is 738 g/mol. The van der Waals surface area contributed by atoms with E-state index < -0.39 is 42.7 Å². The number of likely N-dealkylation sites (N-methyl/N-ethyl adjacent to an activating group) is 1. The number of alkyl halides is 2. The van der Waals surface area contributed by atoms with Gasteiger partial charge >= 0.3 is 13.3 Å². The molecule has 5 rings (SSSR count). The van der Waals surface area contributed by atoms with Gasteiger partial charge in [0.05, 0.1) is 4.88 Å². The van der Waals surface area contributed by atoms with Gasteiger partial charge in [0.1, 0.15) is 12.1 Å². The number of halogens is 3. The molecule has 0 radical (unpaired) electrons. The molecule has 0 unspecified atom stereocenters. The Morgan fingerprint density at radius 2 is 1.76 bits per heavy atom. The number of rotatable bonds is 6. The Hall–Kier alpha value is -3.42. The molecule has 264 valence electrons. The van der Waals surface area contributed by atoms with Gasteiger partial charge in [-0.05, 0) is 66.0 Å². The average molecular weight is 739 g/mol. The molecule has 2 saturated heterocycles. The maximum Gasteiger partial charge on any atom is 0.399 e. The van der Waals surface area contributed by atoms with Crippen LogP contribution in [0.5, 0.6) is 0 Å². The van der Waals surface area contributed by atoms with Crippen LogP contribution in [0.25, 0.3) is 10.1 Å². The zero-order valence-corrected chi connectivity index (χ0v) is 30.0. The van der Waals surface area contributed by atoms with Crippen molar-refractivity contribution >= 4 is 69.9 Å². The standard InChI is InChI=1S/C33H38ClF2N4O7PS/c1-18(41)39-13-12-21-8-10-26(31(44)38(5)22-7-9-23(24(34)16-22)32(2,3)4)40(21)30(43)25(17-39)37-29(42)28-15-19-14-20(6-11-27(19)49-28)33(35,36)48(45,46)47/h6-7,9,11,14-16,21,25-26H,8,10,12-13,17H2,1-5H3,(H,37,42)(H2,45,46,47)/t21-,25+,26+/m1/s1. The molecular formula is C33H38ClF2N4O7PS. The third-order valence-corrected chi connectivity index (χ3v) is 11.6. The lowest BCUT2D eigenvalue weighted by Crippen LogP contribution is -2.61. The number of nitrogens with zero attached hydrogens (tertiary/aromatic N) is 3.